The Morgan fingerprint density at radius 2 is 2.19 bits per heavy atom. The van der Waals surface area contributed by atoms with Crippen LogP contribution in [0.1, 0.15) is 49.2 Å². The zero-order valence-electron chi connectivity index (χ0n) is 12.4. The molecule has 0 fully saturated rings. The fourth-order valence-electron chi connectivity index (χ4n) is 1.87. The van der Waals surface area contributed by atoms with Gasteiger partial charge in [0.25, 0.3) is 0 Å². The number of hydrogen-bond donors (Lipinski definition) is 1. The number of rotatable bonds is 6. The fraction of sp³-hybridized carbons (Fsp3) is 0.400. The van der Waals surface area contributed by atoms with Gasteiger partial charge in [0, 0.05) is 18.3 Å². The van der Waals surface area contributed by atoms with Crippen LogP contribution in [0.4, 0.5) is 0 Å². The van der Waals surface area contributed by atoms with Gasteiger partial charge in [0.05, 0.1) is 18.0 Å². The number of carboxylic acid groups (broad SMARTS) is 1. The minimum Gasteiger partial charge on any atom is -0.478 e. The summed E-state index contributed by atoms with van der Waals surface area (Å²) in [6, 6.07) is 2.99. The lowest BCUT2D eigenvalue weighted by Gasteiger charge is -2.09. The van der Waals surface area contributed by atoms with E-state index in [0.29, 0.717) is 11.4 Å². The van der Waals surface area contributed by atoms with Crippen LogP contribution in [0.15, 0.2) is 24.5 Å². The number of nitrogens with zero attached hydrogens (tertiary/aromatic N) is 3. The van der Waals surface area contributed by atoms with Crippen molar-refractivity contribution < 1.29 is 14.6 Å². The molecular weight excluding hydrogens is 270 g/mol. The van der Waals surface area contributed by atoms with Gasteiger partial charge in [0.1, 0.15) is 0 Å². The molecule has 2 aromatic heterocycles. The van der Waals surface area contributed by atoms with Crippen LogP contribution in [0.2, 0.25) is 0 Å². The summed E-state index contributed by atoms with van der Waals surface area (Å²) in [6.07, 6.45) is 4.35. The van der Waals surface area contributed by atoms with Crippen LogP contribution in [0, 0.1) is 0 Å². The molecule has 0 aromatic carbocycles. The molecule has 1 N–H and O–H groups in total. The Kier molecular flexibility index (Phi) is 4.57. The summed E-state index contributed by atoms with van der Waals surface area (Å²) in [6.45, 7) is 6.78. The maximum absolute atomic E-state index is 11.2. The zero-order valence-corrected chi connectivity index (χ0v) is 12.4. The van der Waals surface area contributed by atoms with Crippen LogP contribution in [0.3, 0.4) is 0 Å². The number of carboxylic acids is 1. The number of aryl methyl sites for hydroxylation is 1. The minimum atomic E-state index is -0.995. The second-order valence-corrected chi connectivity index (χ2v) is 5.12. The quantitative estimate of drug-likeness (QED) is 0.882. The number of carbonyl (C=O) groups is 1. The monoisotopic (exact) mass is 289 g/mol. The number of aromatic carboxylic acids is 1. The van der Waals surface area contributed by atoms with E-state index >= 15 is 0 Å². The lowest BCUT2D eigenvalue weighted by molar-refractivity contribution is 0.0696. The number of ether oxygens (including phenoxy) is 1. The average Bonchev–Trinajstić information content (AvgIpc) is 2.86. The molecule has 0 unspecified atom stereocenters. The Labute approximate surface area is 123 Å². The van der Waals surface area contributed by atoms with Crippen LogP contribution >= 0.6 is 0 Å². The van der Waals surface area contributed by atoms with Crippen LogP contribution < -0.4 is 4.74 Å². The van der Waals surface area contributed by atoms with Gasteiger partial charge in [-0.15, -0.1) is 0 Å². The summed E-state index contributed by atoms with van der Waals surface area (Å²) in [5.41, 5.74) is 0.857. The molecule has 2 aromatic rings. The van der Waals surface area contributed by atoms with Crippen molar-refractivity contribution in [2.45, 2.75) is 39.7 Å². The van der Waals surface area contributed by atoms with Crippen molar-refractivity contribution in [3.05, 3.63) is 35.8 Å². The lowest BCUT2D eigenvalue weighted by atomic mass is 10.1. The molecule has 0 aliphatic carbocycles. The maximum Gasteiger partial charge on any atom is 0.335 e. The van der Waals surface area contributed by atoms with Crippen molar-refractivity contribution in [1.82, 2.24) is 14.8 Å². The Morgan fingerprint density at radius 1 is 1.43 bits per heavy atom. The van der Waals surface area contributed by atoms with Gasteiger partial charge in [-0.2, -0.15) is 5.10 Å². The van der Waals surface area contributed by atoms with Gasteiger partial charge in [0.2, 0.25) is 5.88 Å². The summed E-state index contributed by atoms with van der Waals surface area (Å²) < 4.78 is 7.41. The molecule has 6 nitrogen and oxygen atoms in total. The van der Waals surface area contributed by atoms with E-state index in [1.807, 2.05) is 13.8 Å². The maximum atomic E-state index is 11.2. The Hall–Kier alpha value is -2.37. The predicted octanol–water partition coefficient (Wildman–Crippen LogP) is 3.30. The van der Waals surface area contributed by atoms with E-state index < -0.39 is 5.97 Å². The highest BCUT2D eigenvalue weighted by atomic mass is 16.5. The van der Waals surface area contributed by atoms with Crippen LogP contribution in [-0.4, -0.2) is 25.8 Å². The van der Waals surface area contributed by atoms with E-state index in [9.17, 15) is 4.79 Å². The summed E-state index contributed by atoms with van der Waals surface area (Å²) in [5.74, 6) is -0.0527. The Balaban J connectivity index is 2.27. The average molecular weight is 289 g/mol. The van der Waals surface area contributed by atoms with E-state index in [0.717, 1.165) is 13.0 Å². The highest BCUT2D eigenvalue weighted by Gasteiger charge is 2.12. The summed E-state index contributed by atoms with van der Waals surface area (Å²) in [4.78, 5) is 15.5. The fourth-order valence-corrected chi connectivity index (χ4v) is 1.87. The van der Waals surface area contributed by atoms with Crippen molar-refractivity contribution >= 4 is 5.97 Å². The number of pyridine rings is 1. The third-order valence-electron chi connectivity index (χ3n) is 2.94. The van der Waals surface area contributed by atoms with Gasteiger partial charge in [-0.05, 0) is 18.4 Å². The smallest absolute Gasteiger partial charge is 0.335 e. The van der Waals surface area contributed by atoms with Gasteiger partial charge in [-0.3, -0.25) is 4.68 Å². The standard InChI is InChI=1S/C15H19N3O3/c1-4-5-18-9-12(8-16-18)21-14-7-11(15(19)20)6-13(17-14)10(2)3/h6-10H,4-5H2,1-3H3,(H,19,20). The topological polar surface area (TPSA) is 77.2 Å². The highest BCUT2D eigenvalue weighted by Crippen LogP contribution is 2.23. The molecule has 0 bridgehead atoms. The van der Waals surface area contributed by atoms with E-state index in [2.05, 4.69) is 17.0 Å². The van der Waals surface area contributed by atoms with Crippen molar-refractivity contribution in [3.8, 4) is 11.6 Å². The number of hydrogen-bond acceptors (Lipinski definition) is 4. The van der Waals surface area contributed by atoms with Crippen molar-refractivity contribution in [2.24, 2.45) is 0 Å². The van der Waals surface area contributed by atoms with Crippen molar-refractivity contribution in [1.29, 1.82) is 0 Å². The van der Waals surface area contributed by atoms with E-state index in [1.54, 1.807) is 23.1 Å². The Bertz CT molecular complexity index is 635. The largest absolute Gasteiger partial charge is 0.478 e. The van der Waals surface area contributed by atoms with E-state index in [4.69, 9.17) is 9.84 Å². The molecule has 0 saturated carbocycles. The molecule has 0 radical (unpaired) electrons. The van der Waals surface area contributed by atoms with Gasteiger partial charge >= 0.3 is 5.97 Å². The minimum absolute atomic E-state index is 0.120. The molecular formula is C15H19N3O3. The van der Waals surface area contributed by atoms with Gasteiger partial charge in [-0.1, -0.05) is 20.8 Å². The third-order valence-corrected chi connectivity index (χ3v) is 2.94. The molecule has 2 rings (SSSR count). The van der Waals surface area contributed by atoms with Crippen molar-refractivity contribution in [3.63, 3.8) is 0 Å². The SMILES string of the molecule is CCCn1cc(Oc2cc(C(=O)O)cc(C(C)C)n2)cn1. The molecule has 0 saturated heterocycles. The highest BCUT2D eigenvalue weighted by molar-refractivity contribution is 5.88. The first-order valence-corrected chi connectivity index (χ1v) is 6.95. The van der Waals surface area contributed by atoms with Gasteiger partial charge in [-0.25, -0.2) is 9.78 Å². The molecule has 0 amide bonds. The van der Waals surface area contributed by atoms with E-state index in [-0.39, 0.29) is 17.4 Å². The molecule has 0 aliphatic rings. The second kappa shape index (κ2) is 6.39. The summed E-state index contributed by atoms with van der Waals surface area (Å²) in [7, 11) is 0. The third kappa shape index (κ3) is 3.81. The molecule has 6 heteroatoms. The van der Waals surface area contributed by atoms with E-state index in [1.165, 1.54) is 6.07 Å². The van der Waals surface area contributed by atoms with Crippen molar-refractivity contribution in [2.75, 3.05) is 0 Å². The lowest BCUT2D eigenvalue weighted by Crippen LogP contribution is -2.03. The molecule has 0 spiro atoms. The molecule has 21 heavy (non-hydrogen) atoms. The number of aromatic nitrogens is 3. The van der Waals surface area contributed by atoms with Crippen LogP contribution in [0.25, 0.3) is 0 Å². The molecule has 0 atom stereocenters. The summed E-state index contributed by atoms with van der Waals surface area (Å²) >= 11 is 0. The van der Waals surface area contributed by atoms with Gasteiger partial charge < -0.3 is 9.84 Å². The molecule has 112 valence electrons. The first-order chi connectivity index (χ1) is 9.99. The first kappa shape index (κ1) is 15.0. The van der Waals surface area contributed by atoms with Crippen LogP contribution in [0.5, 0.6) is 11.6 Å². The van der Waals surface area contributed by atoms with Crippen LogP contribution in [-0.2, 0) is 6.54 Å². The normalized spacial score (nSPS) is 10.9. The molecule has 0 aliphatic heterocycles. The molecule has 2 heterocycles. The Morgan fingerprint density at radius 3 is 2.81 bits per heavy atom. The van der Waals surface area contributed by atoms with Gasteiger partial charge in [0.15, 0.2) is 5.75 Å². The predicted molar refractivity (Wildman–Crippen MR) is 77.9 cm³/mol. The summed E-state index contributed by atoms with van der Waals surface area (Å²) in [5, 5.41) is 13.3. The second-order valence-electron chi connectivity index (χ2n) is 5.12. The zero-order chi connectivity index (χ0) is 15.4. The first-order valence-electron chi connectivity index (χ1n) is 6.95.